The van der Waals surface area contributed by atoms with Gasteiger partial charge in [0.15, 0.2) is 0 Å². The summed E-state index contributed by atoms with van der Waals surface area (Å²) >= 11 is 3.64. The molecular weight excluding hydrogens is 396 g/mol. The molecule has 1 unspecified atom stereocenters. The van der Waals surface area contributed by atoms with Crippen LogP contribution < -0.4 is 4.74 Å². The van der Waals surface area contributed by atoms with Crippen LogP contribution in [0.5, 0.6) is 5.75 Å². The Bertz CT molecular complexity index is 1160. The number of fused-ring (bicyclic) bond motifs is 5. The van der Waals surface area contributed by atoms with Crippen LogP contribution in [0.2, 0.25) is 0 Å². The number of rotatable bonds is 2. The maximum atomic E-state index is 6.33. The Hall–Kier alpha value is -2.32. The van der Waals surface area contributed by atoms with Gasteiger partial charge in [-0.05, 0) is 86.1 Å². The van der Waals surface area contributed by atoms with Crippen molar-refractivity contribution in [1.29, 1.82) is 0 Å². The van der Waals surface area contributed by atoms with Crippen LogP contribution in [0.3, 0.4) is 0 Å². The molecule has 0 heterocycles. The summed E-state index contributed by atoms with van der Waals surface area (Å²) in [5, 5.41) is 5.43. The lowest BCUT2D eigenvalue weighted by atomic mass is 9.85. The summed E-state index contributed by atoms with van der Waals surface area (Å²) < 4.78 is 7.37. The van der Waals surface area contributed by atoms with E-state index in [-0.39, 0.29) is 6.10 Å². The molecule has 4 aromatic carbocycles. The minimum Gasteiger partial charge on any atom is -0.489 e. The molecule has 0 spiro atoms. The predicted octanol–water partition coefficient (Wildman–Crippen LogP) is 7.00. The standard InChI is InChI=1S/C25H21BrO/c1-16-6-13-25(24(26)14-16)27-19-9-12-21-18(15-19)8-11-22-20-5-3-2-4-17(20)7-10-23(21)22/h2-8,10-11,13-14,19H,9,12,15H2,1H3. The largest absolute Gasteiger partial charge is 0.489 e. The van der Waals surface area contributed by atoms with Gasteiger partial charge in [0.25, 0.3) is 0 Å². The highest BCUT2D eigenvalue weighted by molar-refractivity contribution is 9.10. The van der Waals surface area contributed by atoms with Gasteiger partial charge < -0.3 is 4.74 Å². The molecule has 0 radical (unpaired) electrons. The van der Waals surface area contributed by atoms with Gasteiger partial charge >= 0.3 is 0 Å². The van der Waals surface area contributed by atoms with Gasteiger partial charge in [-0.2, -0.15) is 0 Å². The quantitative estimate of drug-likeness (QED) is 0.319. The molecule has 0 aliphatic heterocycles. The molecule has 27 heavy (non-hydrogen) atoms. The number of hydrogen-bond acceptors (Lipinski definition) is 1. The van der Waals surface area contributed by atoms with E-state index in [2.05, 4.69) is 89.6 Å². The fraction of sp³-hybridized carbons (Fsp3) is 0.200. The average Bonchev–Trinajstić information content (AvgIpc) is 2.69. The Morgan fingerprint density at radius 3 is 2.63 bits per heavy atom. The van der Waals surface area contributed by atoms with Gasteiger partial charge in [-0.25, -0.2) is 0 Å². The van der Waals surface area contributed by atoms with Crippen molar-refractivity contribution < 1.29 is 4.74 Å². The highest BCUT2D eigenvalue weighted by Crippen LogP contribution is 2.35. The highest BCUT2D eigenvalue weighted by Gasteiger charge is 2.22. The Morgan fingerprint density at radius 2 is 1.74 bits per heavy atom. The molecule has 1 aliphatic rings. The number of benzene rings is 4. The molecule has 1 nitrogen and oxygen atoms in total. The van der Waals surface area contributed by atoms with Crippen molar-refractivity contribution in [3.63, 3.8) is 0 Å². The summed E-state index contributed by atoms with van der Waals surface area (Å²) in [7, 11) is 0. The van der Waals surface area contributed by atoms with Crippen LogP contribution >= 0.6 is 15.9 Å². The molecule has 0 aromatic heterocycles. The minimum absolute atomic E-state index is 0.231. The summed E-state index contributed by atoms with van der Waals surface area (Å²) in [5.41, 5.74) is 4.17. The summed E-state index contributed by atoms with van der Waals surface area (Å²) in [5.74, 6) is 0.945. The van der Waals surface area contributed by atoms with Gasteiger partial charge in [0.1, 0.15) is 11.9 Å². The van der Waals surface area contributed by atoms with Crippen LogP contribution in [0.1, 0.15) is 23.1 Å². The zero-order valence-corrected chi connectivity index (χ0v) is 16.9. The van der Waals surface area contributed by atoms with Crippen molar-refractivity contribution in [2.24, 2.45) is 0 Å². The van der Waals surface area contributed by atoms with Crippen LogP contribution in [-0.4, -0.2) is 6.10 Å². The van der Waals surface area contributed by atoms with E-state index in [1.807, 2.05) is 0 Å². The normalized spacial score (nSPS) is 16.4. The lowest BCUT2D eigenvalue weighted by molar-refractivity contribution is 0.184. The lowest BCUT2D eigenvalue weighted by Crippen LogP contribution is -2.25. The molecule has 0 bridgehead atoms. The van der Waals surface area contributed by atoms with Crippen molar-refractivity contribution >= 4 is 37.5 Å². The number of ether oxygens (including phenoxy) is 1. The zero-order chi connectivity index (χ0) is 18.4. The zero-order valence-electron chi connectivity index (χ0n) is 15.3. The third-order valence-electron chi connectivity index (χ3n) is 5.68. The fourth-order valence-corrected chi connectivity index (χ4v) is 4.90. The van der Waals surface area contributed by atoms with Crippen LogP contribution in [-0.2, 0) is 12.8 Å². The van der Waals surface area contributed by atoms with Crippen molar-refractivity contribution in [3.8, 4) is 5.75 Å². The molecule has 0 fully saturated rings. The molecule has 0 saturated heterocycles. The topological polar surface area (TPSA) is 9.23 Å². The van der Waals surface area contributed by atoms with Gasteiger partial charge in [0.2, 0.25) is 0 Å². The van der Waals surface area contributed by atoms with Gasteiger partial charge in [-0.1, -0.05) is 54.6 Å². The molecular formula is C25H21BrO. The Labute approximate surface area is 168 Å². The molecule has 1 atom stereocenters. The van der Waals surface area contributed by atoms with Crippen LogP contribution in [0, 0.1) is 6.92 Å². The SMILES string of the molecule is Cc1ccc(OC2CCc3c(ccc4c3ccc3ccccc34)C2)c(Br)c1. The lowest BCUT2D eigenvalue weighted by Gasteiger charge is -2.27. The summed E-state index contributed by atoms with van der Waals surface area (Å²) in [6.45, 7) is 2.10. The van der Waals surface area contributed by atoms with Crippen LogP contribution in [0.4, 0.5) is 0 Å². The highest BCUT2D eigenvalue weighted by atomic mass is 79.9. The molecule has 0 amide bonds. The second-order valence-electron chi connectivity index (χ2n) is 7.50. The van der Waals surface area contributed by atoms with Crippen molar-refractivity contribution in [1.82, 2.24) is 0 Å². The van der Waals surface area contributed by atoms with E-state index in [4.69, 9.17) is 4.74 Å². The monoisotopic (exact) mass is 416 g/mol. The van der Waals surface area contributed by atoms with E-state index in [1.165, 1.54) is 38.2 Å². The molecule has 0 N–H and O–H groups in total. The predicted molar refractivity (Wildman–Crippen MR) is 117 cm³/mol. The minimum atomic E-state index is 0.231. The molecule has 0 saturated carbocycles. The summed E-state index contributed by atoms with van der Waals surface area (Å²) in [4.78, 5) is 0. The summed E-state index contributed by atoms with van der Waals surface area (Å²) in [6, 6.07) is 24.1. The van der Waals surface area contributed by atoms with E-state index < -0.39 is 0 Å². The number of aryl methyl sites for hydroxylation is 2. The van der Waals surface area contributed by atoms with Gasteiger partial charge in [-0.15, -0.1) is 0 Å². The maximum Gasteiger partial charge on any atom is 0.133 e. The van der Waals surface area contributed by atoms with Crippen molar-refractivity contribution in [3.05, 3.63) is 87.9 Å². The van der Waals surface area contributed by atoms with E-state index in [0.717, 1.165) is 29.5 Å². The van der Waals surface area contributed by atoms with Crippen molar-refractivity contribution in [2.45, 2.75) is 32.3 Å². The molecule has 4 aromatic rings. The summed E-state index contributed by atoms with van der Waals surface area (Å²) in [6.07, 6.45) is 3.33. The first kappa shape index (κ1) is 16.8. The van der Waals surface area contributed by atoms with Gasteiger partial charge in [0, 0.05) is 6.42 Å². The van der Waals surface area contributed by atoms with E-state index >= 15 is 0 Å². The smallest absolute Gasteiger partial charge is 0.133 e. The Kier molecular flexibility index (Phi) is 4.17. The Balaban J connectivity index is 1.49. The average molecular weight is 417 g/mol. The molecule has 134 valence electrons. The van der Waals surface area contributed by atoms with Gasteiger partial charge in [0.05, 0.1) is 4.47 Å². The van der Waals surface area contributed by atoms with Gasteiger partial charge in [-0.3, -0.25) is 0 Å². The van der Waals surface area contributed by atoms with Crippen LogP contribution in [0.15, 0.2) is 71.2 Å². The maximum absolute atomic E-state index is 6.33. The molecule has 2 heteroatoms. The molecule has 1 aliphatic carbocycles. The second-order valence-corrected chi connectivity index (χ2v) is 8.36. The number of hydrogen-bond donors (Lipinski definition) is 0. The van der Waals surface area contributed by atoms with Crippen molar-refractivity contribution in [2.75, 3.05) is 0 Å². The second kappa shape index (κ2) is 6.69. The molecule has 5 rings (SSSR count). The Morgan fingerprint density at radius 1 is 0.889 bits per heavy atom. The van der Waals surface area contributed by atoms with E-state index in [1.54, 1.807) is 0 Å². The third-order valence-corrected chi connectivity index (χ3v) is 6.30. The van der Waals surface area contributed by atoms with E-state index in [9.17, 15) is 0 Å². The first-order valence-corrected chi connectivity index (χ1v) is 10.3. The first-order chi connectivity index (χ1) is 13.2. The third kappa shape index (κ3) is 3.02. The van der Waals surface area contributed by atoms with Crippen LogP contribution in [0.25, 0.3) is 21.5 Å². The fourth-order valence-electron chi connectivity index (χ4n) is 4.32. The van der Waals surface area contributed by atoms with E-state index in [0.29, 0.717) is 0 Å². The number of halogens is 1. The first-order valence-electron chi connectivity index (χ1n) is 9.54.